The molecule has 2 aliphatic rings. The van der Waals surface area contributed by atoms with Crippen LogP contribution in [0.5, 0.6) is 0 Å². The monoisotopic (exact) mass is 405 g/mol. The van der Waals surface area contributed by atoms with Crippen molar-refractivity contribution < 1.29 is 0 Å². The van der Waals surface area contributed by atoms with Crippen LogP contribution in [0, 0.1) is 5.92 Å². The molecule has 5 rings (SSSR count). The molecule has 1 aromatic carbocycles. The molecule has 8 heteroatoms. The molecular formula is C22H27N7O. The summed E-state index contributed by atoms with van der Waals surface area (Å²) in [5.41, 5.74) is 2.82. The Bertz CT molecular complexity index is 1070. The van der Waals surface area contributed by atoms with Crippen LogP contribution in [-0.2, 0) is 6.54 Å². The van der Waals surface area contributed by atoms with Crippen LogP contribution in [0.1, 0.15) is 6.42 Å². The summed E-state index contributed by atoms with van der Waals surface area (Å²) >= 11 is 0. The molecule has 156 valence electrons. The van der Waals surface area contributed by atoms with Crippen LogP contribution in [0.25, 0.3) is 11.0 Å². The van der Waals surface area contributed by atoms with Gasteiger partial charge in [-0.25, -0.2) is 4.98 Å². The number of benzene rings is 1. The normalized spacial score (nSPS) is 17.1. The van der Waals surface area contributed by atoms with Gasteiger partial charge in [0, 0.05) is 61.7 Å². The van der Waals surface area contributed by atoms with Crippen molar-refractivity contribution in [3.8, 4) is 0 Å². The van der Waals surface area contributed by atoms with E-state index in [4.69, 9.17) is 0 Å². The van der Waals surface area contributed by atoms with E-state index in [1.54, 1.807) is 22.9 Å². The van der Waals surface area contributed by atoms with Crippen molar-refractivity contribution in [2.45, 2.75) is 13.0 Å². The number of pyridine rings is 1. The van der Waals surface area contributed by atoms with Crippen LogP contribution in [0.15, 0.2) is 47.4 Å². The summed E-state index contributed by atoms with van der Waals surface area (Å²) in [7, 11) is 0. The number of rotatable bonds is 6. The molecule has 2 fully saturated rings. The lowest BCUT2D eigenvalue weighted by Crippen LogP contribution is -2.43. The molecule has 8 nitrogen and oxygen atoms in total. The maximum Gasteiger partial charge on any atom is 0.252 e. The molecule has 3 aromatic rings. The molecule has 0 unspecified atom stereocenters. The highest BCUT2D eigenvalue weighted by Crippen LogP contribution is 2.21. The zero-order valence-corrected chi connectivity index (χ0v) is 17.0. The van der Waals surface area contributed by atoms with Gasteiger partial charge in [0.15, 0.2) is 0 Å². The van der Waals surface area contributed by atoms with Crippen molar-refractivity contribution in [2.24, 2.45) is 5.92 Å². The van der Waals surface area contributed by atoms with E-state index in [9.17, 15) is 4.79 Å². The molecule has 0 spiro atoms. The second-order valence-electron chi connectivity index (χ2n) is 8.02. The van der Waals surface area contributed by atoms with Crippen LogP contribution in [0.3, 0.4) is 0 Å². The summed E-state index contributed by atoms with van der Waals surface area (Å²) in [6, 6.07) is 11.7. The number of aromatic nitrogens is 3. The van der Waals surface area contributed by atoms with Gasteiger partial charge in [0.2, 0.25) is 5.95 Å². The summed E-state index contributed by atoms with van der Waals surface area (Å²) in [5, 5.41) is 10.8. The van der Waals surface area contributed by atoms with Crippen molar-refractivity contribution in [1.29, 1.82) is 0 Å². The Balaban J connectivity index is 1.35. The van der Waals surface area contributed by atoms with Crippen molar-refractivity contribution in [3.05, 3.63) is 52.9 Å². The molecule has 3 N–H and O–H groups in total. The summed E-state index contributed by atoms with van der Waals surface area (Å²) in [6.07, 6.45) is 2.76. The van der Waals surface area contributed by atoms with E-state index < -0.39 is 0 Å². The van der Waals surface area contributed by atoms with Crippen LogP contribution in [0.4, 0.5) is 17.3 Å². The van der Waals surface area contributed by atoms with E-state index in [0.29, 0.717) is 24.1 Å². The van der Waals surface area contributed by atoms with E-state index >= 15 is 0 Å². The average Bonchev–Trinajstić information content (AvgIpc) is 2.75. The van der Waals surface area contributed by atoms with Gasteiger partial charge in [0.25, 0.3) is 5.56 Å². The highest BCUT2D eigenvalue weighted by atomic mass is 16.1. The number of nitrogens with one attached hydrogen (secondary N) is 3. The summed E-state index contributed by atoms with van der Waals surface area (Å²) < 4.78 is 1.77. The fourth-order valence-corrected chi connectivity index (χ4v) is 4.02. The zero-order chi connectivity index (χ0) is 20.3. The first kappa shape index (κ1) is 19.0. The predicted molar refractivity (Wildman–Crippen MR) is 120 cm³/mol. The van der Waals surface area contributed by atoms with Crippen molar-refractivity contribution in [2.75, 3.05) is 49.5 Å². The van der Waals surface area contributed by atoms with Crippen LogP contribution >= 0.6 is 0 Å². The molecule has 0 radical (unpaired) electrons. The minimum absolute atomic E-state index is 0.0141. The van der Waals surface area contributed by atoms with Gasteiger partial charge in [-0.1, -0.05) is 0 Å². The van der Waals surface area contributed by atoms with Gasteiger partial charge >= 0.3 is 0 Å². The topological polar surface area (TPSA) is 87.1 Å². The van der Waals surface area contributed by atoms with Gasteiger partial charge in [-0.05, 0) is 55.8 Å². The lowest BCUT2D eigenvalue weighted by Gasteiger charge is -2.29. The Morgan fingerprint density at radius 3 is 2.57 bits per heavy atom. The highest BCUT2D eigenvalue weighted by Gasteiger charge is 2.17. The minimum Gasteiger partial charge on any atom is -0.369 e. The Morgan fingerprint density at radius 1 is 1.03 bits per heavy atom. The van der Waals surface area contributed by atoms with E-state index in [1.807, 2.05) is 12.1 Å². The predicted octanol–water partition coefficient (Wildman–Crippen LogP) is 1.55. The maximum atomic E-state index is 12.5. The molecule has 2 saturated heterocycles. The molecular weight excluding hydrogens is 378 g/mol. The van der Waals surface area contributed by atoms with Gasteiger partial charge < -0.3 is 20.9 Å². The third-order valence-corrected chi connectivity index (χ3v) is 5.96. The van der Waals surface area contributed by atoms with E-state index in [-0.39, 0.29) is 5.56 Å². The molecule has 4 heterocycles. The Kier molecular flexibility index (Phi) is 5.33. The first-order valence-corrected chi connectivity index (χ1v) is 10.7. The third kappa shape index (κ3) is 4.01. The smallest absolute Gasteiger partial charge is 0.252 e. The maximum absolute atomic E-state index is 12.5. The lowest BCUT2D eigenvalue weighted by atomic mass is 9.99. The number of piperazine rings is 1. The molecule has 30 heavy (non-hydrogen) atoms. The number of aryl methyl sites for hydroxylation is 1. The van der Waals surface area contributed by atoms with E-state index in [2.05, 4.69) is 43.0 Å². The quantitative estimate of drug-likeness (QED) is 0.574. The lowest BCUT2D eigenvalue weighted by molar-refractivity contribution is 0.312. The Morgan fingerprint density at radius 2 is 1.83 bits per heavy atom. The van der Waals surface area contributed by atoms with Gasteiger partial charge in [0.1, 0.15) is 5.65 Å². The average molecular weight is 406 g/mol. The van der Waals surface area contributed by atoms with Gasteiger partial charge in [-0.2, -0.15) is 4.98 Å². The first-order valence-electron chi connectivity index (χ1n) is 10.7. The molecule has 0 aliphatic carbocycles. The van der Waals surface area contributed by atoms with E-state index in [0.717, 1.165) is 56.8 Å². The first-order chi connectivity index (χ1) is 14.8. The second-order valence-corrected chi connectivity index (χ2v) is 8.02. The summed E-state index contributed by atoms with van der Waals surface area (Å²) in [6.45, 7) is 6.83. The largest absolute Gasteiger partial charge is 0.369 e. The van der Waals surface area contributed by atoms with Crippen LogP contribution in [-0.4, -0.2) is 53.8 Å². The SMILES string of the molecule is O=c1ccc2cnc(Nc3ccc(N4CCNCC4)cc3)nc2n1CCC1CNC1. The molecule has 0 atom stereocenters. The molecule has 0 saturated carbocycles. The van der Waals surface area contributed by atoms with Crippen molar-refractivity contribution >= 4 is 28.4 Å². The fourth-order valence-electron chi connectivity index (χ4n) is 4.02. The third-order valence-electron chi connectivity index (χ3n) is 5.96. The Labute approximate surface area is 175 Å². The van der Waals surface area contributed by atoms with Gasteiger partial charge in [-0.3, -0.25) is 9.36 Å². The number of anilines is 3. The number of hydrogen-bond acceptors (Lipinski definition) is 7. The standard InChI is InChI=1S/C22H27N7O/c30-20-6-1-17-15-25-22(27-21(17)29(20)10-7-16-13-24-14-16)26-18-2-4-19(5-3-18)28-11-8-23-9-12-28/h1-6,15-16,23-24H,7-14H2,(H,25,26,27). The zero-order valence-electron chi connectivity index (χ0n) is 17.0. The molecule has 2 aromatic heterocycles. The minimum atomic E-state index is -0.0141. The second kappa shape index (κ2) is 8.41. The molecule has 2 aliphatic heterocycles. The number of nitrogens with zero attached hydrogens (tertiary/aromatic N) is 4. The van der Waals surface area contributed by atoms with Crippen molar-refractivity contribution in [1.82, 2.24) is 25.2 Å². The number of fused-ring (bicyclic) bond motifs is 1. The number of hydrogen-bond donors (Lipinski definition) is 3. The van der Waals surface area contributed by atoms with E-state index in [1.165, 1.54) is 5.69 Å². The molecule has 0 bridgehead atoms. The van der Waals surface area contributed by atoms with Gasteiger partial charge in [0.05, 0.1) is 0 Å². The van der Waals surface area contributed by atoms with Crippen LogP contribution < -0.4 is 26.4 Å². The van der Waals surface area contributed by atoms with Crippen LogP contribution in [0.2, 0.25) is 0 Å². The van der Waals surface area contributed by atoms with Crippen molar-refractivity contribution in [3.63, 3.8) is 0 Å². The molecule has 0 amide bonds. The Hall–Kier alpha value is -2.97. The van der Waals surface area contributed by atoms with Gasteiger partial charge in [-0.15, -0.1) is 0 Å². The fraction of sp³-hybridized carbons (Fsp3) is 0.409. The highest BCUT2D eigenvalue weighted by molar-refractivity contribution is 5.75. The summed E-state index contributed by atoms with van der Waals surface area (Å²) in [4.78, 5) is 24.0. The summed E-state index contributed by atoms with van der Waals surface area (Å²) in [5.74, 6) is 1.14.